The van der Waals surface area contributed by atoms with E-state index in [4.69, 9.17) is 4.74 Å². The van der Waals surface area contributed by atoms with Crippen molar-refractivity contribution < 1.29 is 23.1 Å². The first-order valence-electron chi connectivity index (χ1n) is 10.3. The summed E-state index contributed by atoms with van der Waals surface area (Å²) < 4.78 is 31.4. The van der Waals surface area contributed by atoms with Crippen LogP contribution < -0.4 is 9.64 Å². The van der Waals surface area contributed by atoms with Crippen LogP contribution in [-0.4, -0.2) is 38.8 Å². The number of rotatable bonds is 11. The molecule has 2 aromatic rings. The Morgan fingerprint density at radius 3 is 2.17 bits per heavy atom. The molecule has 0 unspecified atom stereocenters. The lowest BCUT2D eigenvalue weighted by molar-refractivity contribution is 0.0696. The average molecular weight is 434 g/mol. The number of nitrogens with zero attached hydrogens (tertiary/aromatic N) is 1. The Kier molecular flexibility index (Phi) is 8.29. The molecule has 0 aliphatic rings. The van der Waals surface area contributed by atoms with Gasteiger partial charge in [0.1, 0.15) is 10.6 Å². The van der Waals surface area contributed by atoms with Crippen molar-refractivity contribution in [3.05, 3.63) is 47.5 Å². The normalized spacial score (nSPS) is 11.3. The minimum absolute atomic E-state index is 0.0689. The highest BCUT2D eigenvalue weighted by Gasteiger charge is 2.26. The van der Waals surface area contributed by atoms with Gasteiger partial charge in [-0.05, 0) is 43.5 Å². The van der Waals surface area contributed by atoms with Crippen LogP contribution in [0.4, 0.5) is 5.69 Å². The summed E-state index contributed by atoms with van der Waals surface area (Å²) in [6.07, 6.45) is 4.81. The molecule has 0 saturated carbocycles. The van der Waals surface area contributed by atoms with E-state index in [1.165, 1.54) is 12.1 Å². The zero-order chi connectivity index (χ0) is 22.3. The predicted octanol–water partition coefficient (Wildman–Crippen LogP) is 5.30. The zero-order valence-electron chi connectivity index (χ0n) is 18.1. The van der Waals surface area contributed by atoms with Crippen molar-refractivity contribution in [2.45, 2.75) is 51.3 Å². The van der Waals surface area contributed by atoms with Crippen LogP contribution in [0, 0.1) is 6.92 Å². The summed E-state index contributed by atoms with van der Waals surface area (Å²) in [5.41, 5.74) is 1.29. The average Bonchev–Trinajstić information content (AvgIpc) is 2.69. The van der Waals surface area contributed by atoms with E-state index in [-0.39, 0.29) is 16.2 Å². The molecule has 0 radical (unpaired) electrons. The Morgan fingerprint density at radius 1 is 1.07 bits per heavy atom. The third-order valence-electron chi connectivity index (χ3n) is 4.89. The molecule has 0 atom stereocenters. The lowest BCUT2D eigenvalue weighted by atomic mass is 10.1. The quantitative estimate of drug-likeness (QED) is 0.518. The van der Waals surface area contributed by atoms with Gasteiger partial charge in [-0.25, -0.2) is 13.2 Å². The van der Waals surface area contributed by atoms with E-state index in [9.17, 15) is 18.3 Å². The standard InChI is InChI=1S/C23H31NO5S/c1-5-7-13-24(14-8-6-2)19-15-18(23(25)26)16-21(30(4,27)28)22(19)29-20-12-10-9-11-17(20)3/h9-12,15-16H,5-8,13-14H2,1-4H3,(H,25,26). The summed E-state index contributed by atoms with van der Waals surface area (Å²) in [6.45, 7) is 7.42. The van der Waals surface area contributed by atoms with Gasteiger partial charge in [0.25, 0.3) is 0 Å². The monoisotopic (exact) mass is 433 g/mol. The van der Waals surface area contributed by atoms with Gasteiger partial charge in [0.05, 0.1) is 11.3 Å². The van der Waals surface area contributed by atoms with Crippen molar-refractivity contribution in [2.24, 2.45) is 0 Å². The van der Waals surface area contributed by atoms with Crippen molar-refractivity contribution in [3.63, 3.8) is 0 Å². The van der Waals surface area contributed by atoms with E-state index in [2.05, 4.69) is 13.8 Å². The number of carboxylic acids is 1. The van der Waals surface area contributed by atoms with E-state index < -0.39 is 15.8 Å². The molecule has 164 valence electrons. The van der Waals surface area contributed by atoms with Gasteiger partial charge in [0, 0.05) is 19.3 Å². The molecule has 0 fully saturated rings. The van der Waals surface area contributed by atoms with Crippen molar-refractivity contribution >= 4 is 21.5 Å². The maximum atomic E-state index is 12.6. The van der Waals surface area contributed by atoms with E-state index in [1.54, 1.807) is 6.07 Å². The maximum absolute atomic E-state index is 12.6. The number of sulfone groups is 1. The van der Waals surface area contributed by atoms with Crippen LogP contribution in [0.15, 0.2) is 41.3 Å². The number of carboxylic acid groups (broad SMARTS) is 1. The fraction of sp³-hybridized carbons (Fsp3) is 0.435. The lowest BCUT2D eigenvalue weighted by Crippen LogP contribution is -2.27. The van der Waals surface area contributed by atoms with Gasteiger partial charge in [-0.2, -0.15) is 0 Å². The second-order valence-electron chi connectivity index (χ2n) is 7.46. The van der Waals surface area contributed by atoms with Crippen LogP contribution in [-0.2, 0) is 9.84 Å². The third-order valence-corrected chi connectivity index (χ3v) is 5.99. The summed E-state index contributed by atoms with van der Waals surface area (Å²) in [5, 5.41) is 9.60. The number of aromatic carboxylic acids is 1. The molecule has 0 heterocycles. The molecule has 0 aliphatic heterocycles. The number of hydrogen-bond donors (Lipinski definition) is 1. The molecule has 0 bridgehead atoms. The molecular formula is C23H31NO5S. The minimum Gasteiger partial charge on any atom is -0.478 e. The van der Waals surface area contributed by atoms with Gasteiger partial charge < -0.3 is 14.7 Å². The van der Waals surface area contributed by atoms with E-state index >= 15 is 0 Å². The van der Waals surface area contributed by atoms with E-state index in [0.29, 0.717) is 24.5 Å². The first-order chi connectivity index (χ1) is 14.2. The van der Waals surface area contributed by atoms with Crippen molar-refractivity contribution in [3.8, 4) is 11.5 Å². The lowest BCUT2D eigenvalue weighted by Gasteiger charge is -2.28. The van der Waals surface area contributed by atoms with E-state index in [0.717, 1.165) is 37.5 Å². The van der Waals surface area contributed by atoms with Gasteiger partial charge in [0.2, 0.25) is 0 Å². The molecular weight excluding hydrogens is 402 g/mol. The second-order valence-corrected chi connectivity index (χ2v) is 9.45. The summed E-state index contributed by atoms with van der Waals surface area (Å²) in [7, 11) is -3.73. The number of anilines is 1. The van der Waals surface area contributed by atoms with Gasteiger partial charge in [-0.15, -0.1) is 0 Å². The molecule has 1 N–H and O–H groups in total. The highest BCUT2D eigenvalue weighted by atomic mass is 32.2. The molecule has 0 aromatic heterocycles. The zero-order valence-corrected chi connectivity index (χ0v) is 19.0. The van der Waals surface area contributed by atoms with Crippen LogP contribution >= 0.6 is 0 Å². The molecule has 30 heavy (non-hydrogen) atoms. The number of aryl methyl sites for hydroxylation is 1. The van der Waals surface area contributed by atoms with Crippen molar-refractivity contribution in [1.82, 2.24) is 0 Å². The largest absolute Gasteiger partial charge is 0.478 e. The molecule has 0 spiro atoms. The Labute approximate surface area is 179 Å². The topological polar surface area (TPSA) is 83.9 Å². The fourth-order valence-corrected chi connectivity index (χ4v) is 3.98. The number of benzene rings is 2. The molecule has 0 saturated heterocycles. The second kappa shape index (κ2) is 10.5. The molecule has 6 nitrogen and oxygen atoms in total. The number of para-hydroxylation sites is 1. The van der Waals surface area contributed by atoms with Crippen molar-refractivity contribution in [2.75, 3.05) is 24.2 Å². The first kappa shape index (κ1) is 23.7. The Bertz CT molecular complexity index is 977. The van der Waals surface area contributed by atoms with Gasteiger partial charge in [-0.3, -0.25) is 0 Å². The molecule has 2 aromatic carbocycles. The Morgan fingerprint density at radius 2 is 1.67 bits per heavy atom. The Balaban J connectivity index is 2.75. The number of unbranched alkanes of at least 4 members (excludes halogenated alkanes) is 2. The Hall–Kier alpha value is -2.54. The van der Waals surface area contributed by atoms with Gasteiger partial charge >= 0.3 is 5.97 Å². The smallest absolute Gasteiger partial charge is 0.335 e. The minimum atomic E-state index is -3.73. The van der Waals surface area contributed by atoms with Crippen LogP contribution in [0.25, 0.3) is 0 Å². The van der Waals surface area contributed by atoms with Gasteiger partial charge in [0.15, 0.2) is 15.6 Å². The first-order valence-corrected chi connectivity index (χ1v) is 12.2. The maximum Gasteiger partial charge on any atom is 0.335 e. The number of ether oxygens (including phenoxy) is 1. The number of hydrogen-bond acceptors (Lipinski definition) is 5. The van der Waals surface area contributed by atoms with Gasteiger partial charge in [-0.1, -0.05) is 44.9 Å². The van der Waals surface area contributed by atoms with Crippen LogP contribution in [0.1, 0.15) is 55.5 Å². The fourth-order valence-electron chi connectivity index (χ4n) is 3.16. The van der Waals surface area contributed by atoms with E-state index in [1.807, 2.05) is 30.0 Å². The highest BCUT2D eigenvalue weighted by Crippen LogP contribution is 2.40. The summed E-state index contributed by atoms with van der Waals surface area (Å²) >= 11 is 0. The summed E-state index contributed by atoms with van der Waals surface area (Å²) in [5.74, 6) is -0.448. The number of carbonyl (C=O) groups is 1. The molecule has 0 amide bonds. The predicted molar refractivity (Wildman–Crippen MR) is 120 cm³/mol. The highest BCUT2D eigenvalue weighted by molar-refractivity contribution is 7.90. The molecule has 2 rings (SSSR count). The SMILES string of the molecule is CCCCN(CCCC)c1cc(C(=O)O)cc(S(C)(=O)=O)c1Oc1ccccc1C. The van der Waals surface area contributed by atoms with Crippen LogP contribution in [0.2, 0.25) is 0 Å². The third kappa shape index (κ3) is 5.98. The molecule has 7 heteroatoms. The molecule has 0 aliphatic carbocycles. The summed E-state index contributed by atoms with van der Waals surface area (Å²) in [6, 6.07) is 10.1. The van der Waals surface area contributed by atoms with Crippen LogP contribution in [0.5, 0.6) is 11.5 Å². The van der Waals surface area contributed by atoms with Crippen molar-refractivity contribution in [1.29, 1.82) is 0 Å². The van der Waals surface area contributed by atoms with Crippen LogP contribution in [0.3, 0.4) is 0 Å². The summed E-state index contributed by atoms with van der Waals surface area (Å²) in [4.78, 5) is 13.7.